The summed E-state index contributed by atoms with van der Waals surface area (Å²) in [7, 11) is 2.09. The molecule has 3 N–H and O–H groups in total. The zero-order chi connectivity index (χ0) is 25.7. The number of nitrogen functional groups attached to an aromatic ring is 1. The van der Waals surface area contributed by atoms with Crippen LogP contribution in [0.5, 0.6) is 6.01 Å². The number of fused-ring (bicyclic) bond motifs is 2. The third-order valence-corrected chi connectivity index (χ3v) is 8.53. The summed E-state index contributed by atoms with van der Waals surface area (Å²) in [5, 5.41) is 4.66. The highest BCUT2D eigenvalue weighted by molar-refractivity contribution is 7.22. The van der Waals surface area contributed by atoms with E-state index in [1.165, 1.54) is 11.3 Å². The van der Waals surface area contributed by atoms with Gasteiger partial charge in [-0.1, -0.05) is 40.6 Å². The zero-order valence-electron chi connectivity index (χ0n) is 20.8. The van der Waals surface area contributed by atoms with Gasteiger partial charge in [-0.05, 0) is 64.0 Å². The normalized spacial score (nSPS) is 18.9. The summed E-state index contributed by atoms with van der Waals surface area (Å²) in [5.41, 5.74) is 10.5. The molecule has 1 fully saturated rings. The number of likely N-dealkylation sites (tertiary alicyclic amines) is 1. The van der Waals surface area contributed by atoms with Gasteiger partial charge in [0.2, 0.25) is 0 Å². The van der Waals surface area contributed by atoms with Crippen LogP contribution < -0.4 is 15.8 Å². The fraction of sp³-hybridized carbons (Fsp3) is 0.370. The van der Waals surface area contributed by atoms with Crippen LogP contribution in [0.15, 0.2) is 29.8 Å². The molecule has 10 heteroatoms. The first-order valence-corrected chi connectivity index (χ1v) is 13.7. The number of nitrogens with zero attached hydrogens (tertiary/aromatic N) is 4. The predicted octanol–water partition coefficient (Wildman–Crippen LogP) is 5.52. The molecule has 192 valence electrons. The molecule has 0 amide bonds. The molecule has 0 unspecified atom stereocenters. The van der Waals surface area contributed by atoms with Gasteiger partial charge in [0.05, 0.1) is 20.9 Å². The number of rotatable bonds is 5. The zero-order valence-corrected chi connectivity index (χ0v) is 22.3. The van der Waals surface area contributed by atoms with Crippen LogP contribution in [-0.4, -0.2) is 59.2 Å². The Bertz CT molecular complexity index is 1550. The molecule has 37 heavy (non-hydrogen) atoms. The maximum atomic E-state index is 16.5. The van der Waals surface area contributed by atoms with Gasteiger partial charge in [0.1, 0.15) is 12.1 Å². The van der Waals surface area contributed by atoms with Crippen LogP contribution in [0.2, 0.25) is 5.02 Å². The van der Waals surface area contributed by atoms with Crippen molar-refractivity contribution in [2.24, 2.45) is 0 Å². The fourth-order valence-corrected chi connectivity index (χ4v) is 6.43. The Morgan fingerprint density at radius 2 is 2.14 bits per heavy atom. The van der Waals surface area contributed by atoms with E-state index in [0.29, 0.717) is 39.9 Å². The third kappa shape index (κ3) is 4.44. The molecule has 7 nitrogen and oxygen atoms in total. The van der Waals surface area contributed by atoms with Crippen molar-refractivity contribution < 1.29 is 9.13 Å². The van der Waals surface area contributed by atoms with Crippen molar-refractivity contribution in [3.8, 4) is 17.1 Å². The first-order chi connectivity index (χ1) is 17.9. The van der Waals surface area contributed by atoms with E-state index in [1.807, 2.05) is 18.2 Å². The number of nitrogens with one attached hydrogen (secondary N) is 1. The fourth-order valence-electron chi connectivity index (χ4n) is 5.37. The van der Waals surface area contributed by atoms with Crippen LogP contribution in [0.1, 0.15) is 31.9 Å². The standard InChI is InChI=1S/C27H28ClFN6OS/c1-14-12-31-9-8-16(14)23-18-11-19(28)21(17-6-3-7-20-24(17)32-26(30)37-20)22(29)25(18)34-27(33-23)36-13-15-5-4-10-35(15)2/h3,6-7,11,15,31H,4-5,8-10,12-13H2,1-2H3,(H2,30,32)/t15-/m0/s1. The predicted molar refractivity (Wildman–Crippen MR) is 149 cm³/mol. The maximum Gasteiger partial charge on any atom is 0.317 e. The van der Waals surface area contributed by atoms with Gasteiger partial charge in [-0.15, -0.1) is 0 Å². The first-order valence-electron chi connectivity index (χ1n) is 12.5. The summed E-state index contributed by atoms with van der Waals surface area (Å²) in [6, 6.07) is 7.84. The lowest BCUT2D eigenvalue weighted by atomic mass is 9.94. The van der Waals surface area contributed by atoms with Gasteiger partial charge in [-0.2, -0.15) is 9.97 Å². The van der Waals surface area contributed by atoms with Crippen molar-refractivity contribution in [2.45, 2.75) is 32.2 Å². The molecular weight excluding hydrogens is 511 g/mol. The lowest BCUT2D eigenvalue weighted by molar-refractivity contribution is 0.188. The first kappa shape index (κ1) is 24.5. The largest absolute Gasteiger partial charge is 0.462 e. The number of anilines is 1. The number of hydrogen-bond acceptors (Lipinski definition) is 8. The van der Waals surface area contributed by atoms with Crippen LogP contribution in [0.4, 0.5) is 9.52 Å². The van der Waals surface area contributed by atoms with Crippen molar-refractivity contribution >= 4 is 54.8 Å². The lowest BCUT2D eigenvalue weighted by Crippen LogP contribution is -2.31. The summed E-state index contributed by atoms with van der Waals surface area (Å²) in [4.78, 5) is 16.1. The molecule has 2 aromatic carbocycles. The SMILES string of the molecule is CC1=C(c2nc(OC[C@@H]3CCCN3C)nc3c(F)c(-c4cccc5sc(N)nc45)c(Cl)cc23)CCNC1. The number of para-hydroxylation sites is 1. The van der Waals surface area contributed by atoms with E-state index in [-0.39, 0.29) is 22.1 Å². The number of likely N-dealkylation sites (N-methyl/N-ethyl adjacent to an activating group) is 1. The van der Waals surface area contributed by atoms with Crippen molar-refractivity contribution in [3.05, 3.63) is 46.4 Å². The highest BCUT2D eigenvalue weighted by Crippen LogP contribution is 2.42. The van der Waals surface area contributed by atoms with Gasteiger partial charge in [0.25, 0.3) is 0 Å². The summed E-state index contributed by atoms with van der Waals surface area (Å²) < 4.78 is 23.4. The Balaban J connectivity index is 1.54. The molecule has 2 aromatic heterocycles. The number of ether oxygens (including phenoxy) is 1. The quantitative estimate of drug-likeness (QED) is 0.346. The van der Waals surface area contributed by atoms with Crippen LogP contribution in [-0.2, 0) is 0 Å². The van der Waals surface area contributed by atoms with Crippen LogP contribution in [0.3, 0.4) is 0 Å². The van der Waals surface area contributed by atoms with Gasteiger partial charge >= 0.3 is 6.01 Å². The number of hydrogen-bond donors (Lipinski definition) is 2. The monoisotopic (exact) mass is 538 g/mol. The van der Waals surface area contributed by atoms with Crippen LogP contribution >= 0.6 is 22.9 Å². The molecule has 4 heterocycles. The number of aromatic nitrogens is 3. The van der Waals surface area contributed by atoms with E-state index in [0.717, 1.165) is 54.7 Å². The second-order valence-corrected chi connectivity index (χ2v) is 11.2. The minimum absolute atomic E-state index is 0.185. The highest BCUT2D eigenvalue weighted by atomic mass is 35.5. The minimum atomic E-state index is -0.514. The second-order valence-electron chi connectivity index (χ2n) is 9.78. The van der Waals surface area contributed by atoms with Crippen LogP contribution in [0, 0.1) is 5.82 Å². The molecule has 0 radical (unpaired) electrons. The second kappa shape index (κ2) is 9.79. The van der Waals surface area contributed by atoms with Crippen molar-refractivity contribution in [1.82, 2.24) is 25.2 Å². The molecule has 1 atom stereocenters. The van der Waals surface area contributed by atoms with E-state index < -0.39 is 5.82 Å². The van der Waals surface area contributed by atoms with Gasteiger partial charge in [0.15, 0.2) is 10.9 Å². The average molecular weight is 539 g/mol. The smallest absolute Gasteiger partial charge is 0.317 e. The van der Waals surface area contributed by atoms with Crippen molar-refractivity contribution in [2.75, 3.05) is 39.0 Å². The molecule has 0 saturated carbocycles. The lowest BCUT2D eigenvalue weighted by Gasteiger charge is -2.22. The molecule has 6 rings (SSSR count). The summed E-state index contributed by atoms with van der Waals surface area (Å²) in [6.45, 7) is 5.15. The van der Waals surface area contributed by atoms with E-state index in [4.69, 9.17) is 27.1 Å². The Labute approximate surface area is 223 Å². The summed E-state index contributed by atoms with van der Waals surface area (Å²) >= 11 is 8.14. The van der Waals surface area contributed by atoms with E-state index in [9.17, 15) is 0 Å². The maximum absolute atomic E-state index is 16.5. The van der Waals surface area contributed by atoms with E-state index in [1.54, 1.807) is 6.07 Å². The Morgan fingerprint density at radius 3 is 2.92 bits per heavy atom. The molecule has 0 aliphatic carbocycles. The molecule has 2 aliphatic rings. The third-order valence-electron chi connectivity index (χ3n) is 7.39. The van der Waals surface area contributed by atoms with E-state index >= 15 is 4.39 Å². The van der Waals surface area contributed by atoms with E-state index in [2.05, 4.69) is 34.2 Å². The molecule has 4 aromatic rings. The molecule has 0 spiro atoms. The number of halogens is 2. The Kier molecular flexibility index (Phi) is 6.48. The molecule has 0 bridgehead atoms. The summed E-state index contributed by atoms with van der Waals surface area (Å²) in [6.07, 6.45) is 2.97. The van der Waals surface area contributed by atoms with Crippen LogP contribution in [0.25, 0.3) is 37.8 Å². The van der Waals surface area contributed by atoms with Crippen molar-refractivity contribution in [3.63, 3.8) is 0 Å². The van der Waals surface area contributed by atoms with Gasteiger partial charge in [-0.25, -0.2) is 9.37 Å². The average Bonchev–Trinajstić information content (AvgIpc) is 3.47. The molecule has 2 aliphatic heterocycles. The number of thiazole rings is 1. The van der Waals surface area contributed by atoms with Gasteiger partial charge < -0.3 is 20.7 Å². The molecule has 1 saturated heterocycles. The minimum Gasteiger partial charge on any atom is -0.462 e. The number of nitrogens with two attached hydrogens (primary N) is 1. The topological polar surface area (TPSA) is 89.2 Å². The van der Waals surface area contributed by atoms with Gasteiger partial charge in [0, 0.05) is 29.1 Å². The highest BCUT2D eigenvalue weighted by Gasteiger charge is 2.26. The molecular formula is C27H28ClFN6OS. The Hall–Kier alpha value is -2.85. The Morgan fingerprint density at radius 1 is 1.27 bits per heavy atom. The number of benzene rings is 2. The van der Waals surface area contributed by atoms with Gasteiger partial charge in [-0.3, -0.25) is 0 Å². The van der Waals surface area contributed by atoms with Crippen molar-refractivity contribution in [1.29, 1.82) is 0 Å². The summed E-state index contributed by atoms with van der Waals surface area (Å²) in [5.74, 6) is -0.514.